The molecular weight excluding hydrogens is 443 g/mol. The Morgan fingerprint density at radius 2 is 2.00 bits per heavy atom. The molecule has 0 atom stereocenters. The Kier molecular flexibility index (Phi) is 6.98. The first-order valence-corrected chi connectivity index (χ1v) is 8.73. The summed E-state index contributed by atoms with van der Waals surface area (Å²) in [5.41, 5.74) is 3.26. The van der Waals surface area contributed by atoms with Gasteiger partial charge in [0.05, 0.1) is 5.69 Å². The van der Waals surface area contributed by atoms with E-state index in [0.29, 0.717) is 11.3 Å². The van der Waals surface area contributed by atoms with Crippen LogP contribution in [0, 0.1) is 10.5 Å². The Morgan fingerprint density at radius 1 is 1.24 bits per heavy atom. The summed E-state index contributed by atoms with van der Waals surface area (Å²) in [5, 5.41) is 2.33. The van der Waals surface area contributed by atoms with Crippen LogP contribution in [0.4, 0.5) is 19.3 Å². The average molecular weight is 461 g/mol. The Bertz CT molecular complexity index is 753. The number of rotatable bonds is 6. The minimum Gasteiger partial charge on any atom is -0.489 e. The second-order valence-electron chi connectivity index (χ2n) is 5.33. The fourth-order valence-corrected chi connectivity index (χ4v) is 2.75. The standard InChI is InChI=1S/C18H18F2INO3/c1-3-12-4-7-16(11(2)8-12)24-10-13-5-6-14(21)9-15(13)22-18(23)25-17(19)20/h4-9,17H,3,10H2,1-2H3,(H,22,23). The lowest BCUT2D eigenvalue weighted by atomic mass is 10.1. The SMILES string of the molecule is CCc1ccc(OCc2ccc(I)cc2NC(=O)OC(F)F)c(C)c1. The van der Waals surface area contributed by atoms with Crippen molar-refractivity contribution in [3.05, 3.63) is 56.7 Å². The number of benzene rings is 2. The number of hydrogen-bond donors (Lipinski definition) is 1. The smallest absolute Gasteiger partial charge is 0.416 e. The molecule has 0 radical (unpaired) electrons. The molecule has 0 bridgehead atoms. The van der Waals surface area contributed by atoms with Crippen molar-refractivity contribution in [3.63, 3.8) is 0 Å². The molecular formula is C18H18F2INO3. The van der Waals surface area contributed by atoms with Gasteiger partial charge in [-0.05, 0) is 65.3 Å². The Morgan fingerprint density at radius 3 is 2.64 bits per heavy atom. The first-order valence-electron chi connectivity index (χ1n) is 7.65. The van der Waals surface area contributed by atoms with Gasteiger partial charge in [-0.25, -0.2) is 4.79 Å². The van der Waals surface area contributed by atoms with Gasteiger partial charge in [0.1, 0.15) is 12.4 Å². The predicted octanol–water partition coefficient (Wildman–Crippen LogP) is 5.51. The number of aryl methyl sites for hydroxylation is 2. The highest BCUT2D eigenvalue weighted by molar-refractivity contribution is 14.1. The molecule has 0 aromatic heterocycles. The van der Waals surface area contributed by atoms with Gasteiger partial charge < -0.3 is 9.47 Å². The Labute approximate surface area is 158 Å². The van der Waals surface area contributed by atoms with Gasteiger partial charge in [-0.2, -0.15) is 8.78 Å². The molecule has 134 valence electrons. The number of ether oxygens (including phenoxy) is 2. The molecule has 2 rings (SSSR count). The quantitative estimate of drug-likeness (QED) is 0.578. The molecule has 4 nitrogen and oxygen atoms in total. The van der Waals surface area contributed by atoms with Crippen molar-refractivity contribution >= 4 is 34.4 Å². The van der Waals surface area contributed by atoms with E-state index in [1.54, 1.807) is 12.1 Å². The number of amides is 1. The van der Waals surface area contributed by atoms with Crippen LogP contribution in [0.2, 0.25) is 0 Å². The Hall–Kier alpha value is -1.90. The highest BCUT2D eigenvalue weighted by Gasteiger charge is 2.14. The van der Waals surface area contributed by atoms with Crippen molar-refractivity contribution in [1.29, 1.82) is 0 Å². The normalized spacial score (nSPS) is 10.6. The van der Waals surface area contributed by atoms with E-state index in [0.717, 1.165) is 21.3 Å². The van der Waals surface area contributed by atoms with Crippen molar-refractivity contribution in [2.45, 2.75) is 33.5 Å². The van der Waals surface area contributed by atoms with Crippen molar-refractivity contribution in [1.82, 2.24) is 0 Å². The van der Waals surface area contributed by atoms with Crippen molar-refractivity contribution in [3.8, 4) is 5.75 Å². The number of carbonyl (C=O) groups excluding carboxylic acids is 1. The fraction of sp³-hybridized carbons (Fsp3) is 0.278. The van der Waals surface area contributed by atoms with Crippen molar-refractivity contribution in [2.75, 3.05) is 5.32 Å². The minimum absolute atomic E-state index is 0.188. The van der Waals surface area contributed by atoms with Gasteiger partial charge in [0.15, 0.2) is 0 Å². The van der Waals surface area contributed by atoms with Crippen LogP contribution in [0.3, 0.4) is 0 Å². The van der Waals surface area contributed by atoms with Crippen LogP contribution in [-0.2, 0) is 17.8 Å². The van der Waals surface area contributed by atoms with E-state index in [-0.39, 0.29) is 6.61 Å². The summed E-state index contributed by atoms with van der Waals surface area (Å²) in [6, 6.07) is 11.2. The van der Waals surface area contributed by atoms with Crippen molar-refractivity contribution in [2.24, 2.45) is 0 Å². The summed E-state index contributed by atoms with van der Waals surface area (Å²) in [6.07, 6.45) is -0.264. The van der Waals surface area contributed by atoms with Crippen LogP contribution in [0.15, 0.2) is 36.4 Å². The van der Waals surface area contributed by atoms with Gasteiger partial charge in [0.2, 0.25) is 0 Å². The molecule has 1 N–H and O–H groups in total. The lowest BCUT2D eigenvalue weighted by Crippen LogP contribution is -2.18. The minimum atomic E-state index is -3.16. The highest BCUT2D eigenvalue weighted by atomic mass is 127. The van der Waals surface area contributed by atoms with Crippen LogP contribution in [0.5, 0.6) is 5.75 Å². The van der Waals surface area contributed by atoms with E-state index in [1.807, 2.05) is 25.1 Å². The third-order valence-electron chi connectivity index (χ3n) is 3.54. The molecule has 0 saturated heterocycles. The van der Waals surface area contributed by atoms with Crippen LogP contribution >= 0.6 is 22.6 Å². The van der Waals surface area contributed by atoms with Gasteiger partial charge in [0.25, 0.3) is 0 Å². The van der Waals surface area contributed by atoms with Gasteiger partial charge in [-0.3, -0.25) is 5.32 Å². The molecule has 0 saturated carbocycles. The molecule has 2 aromatic carbocycles. The predicted molar refractivity (Wildman–Crippen MR) is 100 cm³/mol. The number of halogens is 3. The van der Waals surface area contributed by atoms with Gasteiger partial charge in [-0.1, -0.05) is 25.1 Å². The maximum absolute atomic E-state index is 12.1. The zero-order chi connectivity index (χ0) is 18.4. The largest absolute Gasteiger partial charge is 0.489 e. The second-order valence-corrected chi connectivity index (χ2v) is 6.58. The molecule has 0 unspecified atom stereocenters. The first kappa shape index (κ1) is 19.4. The van der Waals surface area contributed by atoms with E-state index in [9.17, 15) is 13.6 Å². The lowest BCUT2D eigenvalue weighted by Gasteiger charge is -2.14. The van der Waals surface area contributed by atoms with Gasteiger partial charge >= 0.3 is 12.7 Å². The molecule has 0 spiro atoms. The third-order valence-corrected chi connectivity index (χ3v) is 4.21. The van der Waals surface area contributed by atoms with Crippen LogP contribution < -0.4 is 10.1 Å². The lowest BCUT2D eigenvalue weighted by molar-refractivity contribution is -0.0766. The average Bonchev–Trinajstić information content (AvgIpc) is 2.54. The zero-order valence-corrected chi connectivity index (χ0v) is 16.0. The summed E-state index contributed by atoms with van der Waals surface area (Å²) < 4.78 is 34.8. The summed E-state index contributed by atoms with van der Waals surface area (Å²) in [7, 11) is 0. The number of alkyl halides is 2. The summed E-state index contributed by atoms with van der Waals surface area (Å²) in [5.74, 6) is 0.733. The summed E-state index contributed by atoms with van der Waals surface area (Å²) in [4.78, 5) is 11.4. The summed E-state index contributed by atoms with van der Waals surface area (Å²) >= 11 is 2.07. The van der Waals surface area contributed by atoms with E-state index >= 15 is 0 Å². The molecule has 2 aromatic rings. The van der Waals surface area contributed by atoms with E-state index in [4.69, 9.17) is 4.74 Å². The maximum Gasteiger partial charge on any atom is 0.416 e. The van der Waals surface area contributed by atoms with Crippen LogP contribution in [0.25, 0.3) is 0 Å². The highest BCUT2D eigenvalue weighted by Crippen LogP contribution is 2.24. The molecule has 0 aliphatic heterocycles. The number of carbonyl (C=O) groups is 1. The number of anilines is 1. The molecule has 0 aliphatic rings. The zero-order valence-electron chi connectivity index (χ0n) is 13.8. The molecule has 0 heterocycles. The monoisotopic (exact) mass is 461 g/mol. The van der Waals surface area contributed by atoms with Crippen molar-refractivity contribution < 1.29 is 23.0 Å². The van der Waals surface area contributed by atoms with Crippen LogP contribution in [0.1, 0.15) is 23.6 Å². The Balaban J connectivity index is 2.12. The second kappa shape index (κ2) is 8.98. The molecule has 0 aliphatic carbocycles. The number of hydrogen-bond acceptors (Lipinski definition) is 3. The van der Waals surface area contributed by atoms with Gasteiger partial charge in [0, 0.05) is 9.13 Å². The first-order chi connectivity index (χ1) is 11.9. The molecule has 7 heteroatoms. The maximum atomic E-state index is 12.1. The molecule has 0 fully saturated rings. The molecule has 1 amide bonds. The van der Waals surface area contributed by atoms with E-state index in [2.05, 4.69) is 45.6 Å². The van der Waals surface area contributed by atoms with E-state index in [1.165, 1.54) is 5.56 Å². The molecule has 25 heavy (non-hydrogen) atoms. The fourth-order valence-electron chi connectivity index (χ4n) is 2.26. The van der Waals surface area contributed by atoms with Crippen LogP contribution in [-0.4, -0.2) is 12.7 Å². The van der Waals surface area contributed by atoms with Gasteiger partial charge in [-0.15, -0.1) is 0 Å². The van der Waals surface area contributed by atoms with E-state index < -0.39 is 12.7 Å². The third kappa shape index (κ3) is 5.84. The number of nitrogens with one attached hydrogen (secondary N) is 1. The topological polar surface area (TPSA) is 47.6 Å². The summed E-state index contributed by atoms with van der Waals surface area (Å²) in [6.45, 7) is 1.06.